The van der Waals surface area contributed by atoms with E-state index in [0.29, 0.717) is 0 Å². The van der Waals surface area contributed by atoms with Crippen molar-refractivity contribution in [1.82, 2.24) is 4.98 Å². The van der Waals surface area contributed by atoms with Gasteiger partial charge in [0.2, 0.25) is 0 Å². The quantitative estimate of drug-likeness (QED) is 0.796. The first-order valence-corrected chi connectivity index (χ1v) is 4.41. The standard InChI is InChI=1S/C11H13NO2/c1-8-6-10(7-9(2)12-8)4-3-5-11(13)14/h3-4,6-7H,5H2,1-2H3,(H,13,14). The number of rotatable bonds is 3. The van der Waals surface area contributed by atoms with Crippen molar-refractivity contribution in [2.24, 2.45) is 0 Å². The molecule has 1 N–H and O–H groups in total. The van der Waals surface area contributed by atoms with Gasteiger partial charge in [-0.1, -0.05) is 12.2 Å². The Bertz CT molecular complexity index is 349. The first-order valence-electron chi connectivity index (χ1n) is 4.41. The van der Waals surface area contributed by atoms with Crippen LogP contribution >= 0.6 is 0 Å². The van der Waals surface area contributed by atoms with Gasteiger partial charge in [0.15, 0.2) is 0 Å². The van der Waals surface area contributed by atoms with Gasteiger partial charge in [-0.15, -0.1) is 0 Å². The molecular formula is C11H13NO2. The average Bonchev–Trinajstić information content (AvgIpc) is 2.01. The third-order valence-electron chi connectivity index (χ3n) is 1.71. The number of nitrogens with zero attached hydrogens (tertiary/aromatic N) is 1. The Morgan fingerprint density at radius 1 is 1.43 bits per heavy atom. The van der Waals surface area contributed by atoms with Crippen LogP contribution in [0.15, 0.2) is 18.2 Å². The molecule has 1 aromatic rings. The lowest BCUT2D eigenvalue weighted by atomic mass is 10.2. The minimum absolute atomic E-state index is 0.0560. The fourth-order valence-corrected chi connectivity index (χ4v) is 1.26. The topological polar surface area (TPSA) is 50.2 Å². The molecule has 3 nitrogen and oxygen atoms in total. The molecule has 0 amide bonds. The van der Waals surface area contributed by atoms with E-state index in [0.717, 1.165) is 17.0 Å². The number of aliphatic carboxylic acids is 1. The van der Waals surface area contributed by atoms with Crippen molar-refractivity contribution in [3.8, 4) is 0 Å². The van der Waals surface area contributed by atoms with Crippen LogP contribution < -0.4 is 0 Å². The van der Waals surface area contributed by atoms with E-state index >= 15 is 0 Å². The summed E-state index contributed by atoms with van der Waals surface area (Å²) >= 11 is 0. The number of carbonyl (C=O) groups is 1. The molecule has 0 aliphatic carbocycles. The second-order valence-electron chi connectivity index (χ2n) is 3.18. The highest BCUT2D eigenvalue weighted by molar-refractivity contribution is 5.70. The van der Waals surface area contributed by atoms with Gasteiger partial charge in [0.1, 0.15) is 0 Å². The van der Waals surface area contributed by atoms with Gasteiger partial charge in [-0.25, -0.2) is 0 Å². The third kappa shape index (κ3) is 3.39. The van der Waals surface area contributed by atoms with Crippen molar-refractivity contribution in [3.05, 3.63) is 35.2 Å². The van der Waals surface area contributed by atoms with Crippen molar-refractivity contribution >= 4 is 12.0 Å². The summed E-state index contributed by atoms with van der Waals surface area (Å²) in [6.07, 6.45) is 3.49. The van der Waals surface area contributed by atoms with E-state index in [2.05, 4.69) is 4.98 Å². The van der Waals surface area contributed by atoms with Gasteiger partial charge >= 0.3 is 5.97 Å². The molecule has 1 aromatic heterocycles. The molecule has 0 spiro atoms. The molecule has 1 heterocycles. The fraction of sp³-hybridized carbons (Fsp3) is 0.273. The van der Waals surface area contributed by atoms with E-state index in [-0.39, 0.29) is 6.42 Å². The third-order valence-corrected chi connectivity index (χ3v) is 1.71. The largest absolute Gasteiger partial charge is 0.481 e. The first-order chi connectivity index (χ1) is 6.58. The van der Waals surface area contributed by atoms with Gasteiger partial charge in [-0.2, -0.15) is 0 Å². The van der Waals surface area contributed by atoms with Crippen LogP contribution in [-0.2, 0) is 4.79 Å². The number of pyridine rings is 1. The van der Waals surface area contributed by atoms with E-state index < -0.39 is 5.97 Å². The average molecular weight is 191 g/mol. The summed E-state index contributed by atoms with van der Waals surface area (Å²) in [6, 6.07) is 3.84. The van der Waals surface area contributed by atoms with Crippen LogP contribution in [0.4, 0.5) is 0 Å². The number of aromatic nitrogens is 1. The van der Waals surface area contributed by atoms with Gasteiger partial charge in [-0.3, -0.25) is 9.78 Å². The molecular weight excluding hydrogens is 178 g/mol. The number of hydrogen-bond donors (Lipinski definition) is 1. The molecule has 1 rings (SSSR count). The molecule has 0 atom stereocenters. The van der Waals surface area contributed by atoms with E-state index in [1.54, 1.807) is 12.2 Å². The highest BCUT2D eigenvalue weighted by Gasteiger charge is 1.94. The van der Waals surface area contributed by atoms with Crippen LogP contribution in [0, 0.1) is 13.8 Å². The molecule has 0 unspecified atom stereocenters. The molecule has 0 radical (unpaired) electrons. The molecule has 0 aliphatic rings. The molecule has 0 saturated carbocycles. The molecule has 3 heteroatoms. The molecule has 0 bridgehead atoms. The van der Waals surface area contributed by atoms with Gasteiger partial charge in [0.25, 0.3) is 0 Å². The summed E-state index contributed by atoms with van der Waals surface area (Å²) in [4.78, 5) is 14.5. The van der Waals surface area contributed by atoms with Crippen LogP contribution in [0.1, 0.15) is 23.4 Å². The molecule has 14 heavy (non-hydrogen) atoms. The summed E-state index contributed by atoms with van der Waals surface area (Å²) in [6.45, 7) is 3.84. The fourth-order valence-electron chi connectivity index (χ4n) is 1.26. The Morgan fingerprint density at radius 2 is 2.00 bits per heavy atom. The zero-order valence-corrected chi connectivity index (χ0v) is 8.32. The summed E-state index contributed by atoms with van der Waals surface area (Å²) < 4.78 is 0. The number of carboxylic acids is 1. The first kappa shape index (κ1) is 10.4. The number of hydrogen-bond acceptors (Lipinski definition) is 2. The Hall–Kier alpha value is -1.64. The lowest BCUT2D eigenvalue weighted by Crippen LogP contribution is -1.90. The SMILES string of the molecule is Cc1cc(C=CCC(=O)O)cc(C)n1. The van der Waals surface area contributed by atoms with Gasteiger partial charge in [0, 0.05) is 11.4 Å². The second-order valence-corrected chi connectivity index (χ2v) is 3.18. The monoisotopic (exact) mass is 191 g/mol. The van der Waals surface area contributed by atoms with Crippen molar-refractivity contribution in [2.45, 2.75) is 20.3 Å². The zero-order valence-electron chi connectivity index (χ0n) is 8.32. The van der Waals surface area contributed by atoms with Gasteiger partial charge < -0.3 is 5.11 Å². The van der Waals surface area contributed by atoms with E-state index in [4.69, 9.17) is 5.11 Å². The Labute approximate surface area is 83.1 Å². The minimum atomic E-state index is -0.816. The summed E-state index contributed by atoms with van der Waals surface area (Å²) in [5, 5.41) is 8.44. The van der Waals surface area contributed by atoms with Gasteiger partial charge in [0.05, 0.1) is 6.42 Å². The predicted octanol–water partition coefficient (Wildman–Crippen LogP) is 2.19. The maximum Gasteiger partial charge on any atom is 0.307 e. The Morgan fingerprint density at radius 3 is 2.50 bits per heavy atom. The summed E-state index contributed by atoms with van der Waals surface area (Å²) in [5.74, 6) is -0.816. The predicted molar refractivity (Wildman–Crippen MR) is 55.0 cm³/mol. The molecule has 0 aromatic carbocycles. The maximum absolute atomic E-state index is 10.3. The maximum atomic E-state index is 10.3. The lowest BCUT2D eigenvalue weighted by molar-refractivity contribution is -0.135. The molecule has 74 valence electrons. The van der Waals surface area contributed by atoms with Gasteiger partial charge in [-0.05, 0) is 31.5 Å². The normalized spacial score (nSPS) is 10.7. The number of carboxylic acid groups (broad SMARTS) is 1. The molecule has 0 fully saturated rings. The highest BCUT2D eigenvalue weighted by atomic mass is 16.4. The van der Waals surface area contributed by atoms with E-state index in [1.165, 1.54) is 0 Å². The zero-order chi connectivity index (χ0) is 10.6. The van der Waals surface area contributed by atoms with Crippen LogP contribution in [0.5, 0.6) is 0 Å². The smallest absolute Gasteiger partial charge is 0.307 e. The van der Waals surface area contributed by atoms with Crippen LogP contribution in [0.2, 0.25) is 0 Å². The van der Waals surface area contributed by atoms with E-state index in [1.807, 2.05) is 26.0 Å². The second kappa shape index (κ2) is 4.56. The van der Waals surface area contributed by atoms with Crippen molar-refractivity contribution in [3.63, 3.8) is 0 Å². The van der Waals surface area contributed by atoms with Crippen LogP contribution in [0.25, 0.3) is 6.08 Å². The number of aryl methyl sites for hydroxylation is 2. The Kier molecular flexibility index (Phi) is 3.40. The van der Waals surface area contributed by atoms with Crippen molar-refractivity contribution in [2.75, 3.05) is 0 Å². The van der Waals surface area contributed by atoms with Crippen LogP contribution in [0.3, 0.4) is 0 Å². The minimum Gasteiger partial charge on any atom is -0.481 e. The molecule has 0 saturated heterocycles. The van der Waals surface area contributed by atoms with Crippen molar-refractivity contribution in [1.29, 1.82) is 0 Å². The van der Waals surface area contributed by atoms with Crippen molar-refractivity contribution < 1.29 is 9.90 Å². The summed E-state index contributed by atoms with van der Waals surface area (Å²) in [5.41, 5.74) is 2.89. The van der Waals surface area contributed by atoms with E-state index in [9.17, 15) is 4.79 Å². The molecule has 0 aliphatic heterocycles. The summed E-state index contributed by atoms with van der Waals surface area (Å²) in [7, 11) is 0. The highest BCUT2D eigenvalue weighted by Crippen LogP contribution is 2.07. The lowest BCUT2D eigenvalue weighted by Gasteiger charge is -1.98. The van der Waals surface area contributed by atoms with Crippen LogP contribution in [-0.4, -0.2) is 16.1 Å². The Balaban J connectivity index is 2.76.